The highest BCUT2D eigenvalue weighted by atomic mass is 16.5. The van der Waals surface area contributed by atoms with Crippen LogP contribution in [-0.4, -0.2) is 49.7 Å². The summed E-state index contributed by atoms with van der Waals surface area (Å²) in [5.41, 5.74) is 2.16. The molecule has 21 heavy (non-hydrogen) atoms. The Bertz CT molecular complexity index is 515. The molecule has 5 heteroatoms. The first-order chi connectivity index (χ1) is 10.1. The molecule has 0 bridgehead atoms. The van der Waals surface area contributed by atoms with E-state index in [-0.39, 0.29) is 24.4 Å². The van der Waals surface area contributed by atoms with Gasteiger partial charge in [-0.3, -0.25) is 9.59 Å². The second kappa shape index (κ2) is 7.22. The summed E-state index contributed by atoms with van der Waals surface area (Å²) in [6.07, 6.45) is 0.300. The highest BCUT2D eigenvalue weighted by Crippen LogP contribution is 2.13. The van der Waals surface area contributed by atoms with Crippen LogP contribution in [0.4, 0.5) is 0 Å². The number of hydrogen-bond donors (Lipinski definition) is 0. The van der Waals surface area contributed by atoms with Gasteiger partial charge in [0.1, 0.15) is 0 Å². The number of nitrogens with zero attached hydrogens (tertiary/aromatic N) is 1. The Balaban J connectivity index is 1.93. The van der Waals surface area contributed by atoms with Crippen LogP contribution in [0.5, 0.6) is 0 Å². The van der Waals surface area contributed by atoms with E-state index in [1.807, 2.05) is 31.2 Å². The molecule has 1 saturated heterocycles. The van der Waals surface area contributed by atoms with Gasteiger partial charge in [0.15, 0.2) is 0 Å². The lowest BCUT2D eigenvalue weighted by Crippen LogP contribution is -2.46. The Morgan fingerprint density at radius 2 is 2.14 bits per heavy atom. The number of benzene rings is 1. The predicted molar refractivity (Wildman–Crippen MR) is 77.8 cm³/mol. The molecule has 1 aromatic rings. The topological polar surface area (TPSA) is 55.8 Å². The molecule has 1 heterocycles. The van der Waals surface area contributed by atoms with Gasteiger partial charge in [0.2, 0.25) is 5.91 Å². The van der Waals surface area contributed by atoms with Gasteiger partial charge >= 0.3 is 5.97 Å². The van der Waals surface area contributed by atoms with E-state index in [0.717, 1.165) is 11.1 Å². The van der Waals surface area contributed by atoms with Crippen molar-refractivity contribution in [2.45, 2.75) is 25.9 Å². The molecule has 1 aliphatic heterocycles. The van der Waals surface area contributed by atoms with E-state index >= 15 is 0 Å². The number of methoxy groups -OCH3 is 1. The average Bonchev–Trinajstić information content (AvgIpc) is 2.49. The summed E-state index contributed by atoms with van der Waals surface area (Å²) in [5, 5.41) is 0. The molecule has 1 amide bonds. The number of carbonyl (C=O) groups excluding carboxylic acids is 2. The van der Waals surface area contributed by atoms with Crippen LogP contribution in [0, 0.1) is 6.92 Å². The maximum atomic E-state index is 12.4. The largest absolute Gasteiger partial charge is 0.469 e. The quantitative estimate of drug-likeness (QED) is 0.785. The Morgan fingerprint density at radius 1 is 1.38 bits per heavy atom. The van der Waals surface area contributed by atoms with Gasteiger partial charge in [-0.25, -0.2) is 0 Å². The Labute approximate surface area is 124 Å². The zero-order valence-electron chi connectivity index (χ0n) is 12.5. The van der Waals surface area contributed by atoms with Crippen LogP contribution in [0.25, 0.3) is 0 Å². The van der Waals surface area contributed by atoms with Crippen molar-refractivity contribution in [3.8, 4) is 0 Å². The van der Waals surface area contributed by atoms with Crippen molar-refractivity contribution in [1.82, 2.24) is 4.90 Å². The highest BCUT2D eigenvalue weighted by molar-refractivity contribution is 5.79. The molecule has 0 spiro atoms. The molecule has 5 nitrogen and oxygen atoms in total. The van der Waals surface area contributed by atoms with E-state index in [1.54, 1.807) is 4.90 Å². The second-order valence-electron chi connectivity index (χ2n) is 5.22. The first kappa shape index (κ1) is 15.5. The fourth-order valence-corrected chi connectivity index (χ4v) is 2.42. The molecule has 114 valence electrons. The fourth-order valence-electron chi connectivity index (χ4n) is 2.42. The molecule has 0 aliphatic carbocycles. The van der Waals surface area contributed by atoms with Gasteiger partial charge in [0.05, 0.1) is 32.7 Å². The molecule has 0 aromatic heterocycles. The van der Waals surface area contributed by atoms with Crippen molar-refractivity contribution >= 4 is 11.9 Å². The van der Waals surface area contributed by atoms with E-state index in [2.05, 4.69) is 4.74 Å². The van der Waals surface area contributed by atoms with Crippen LogP contribution in [0.15, 0.2) is 24.3 Å². The number of amides is 1. The van der Waals surface area contributed by atoms with Crippen LogP contribution < -0.4 is 0 Å². The van der Waals surface area contributed by atoms with Crippen molar-refractivity contribution in [1.29, 1.82) is 0 Å². The number of hydrogen-bond acceptors (Lipinski definition) is 4. The first-order valence-electron chi connectivity index (χ1n) is 7.11. The minimum Gasteiger partial charge on any atom is -0.469 e. The third-order valence-corrected chi connectivity index (χ3v) is 3.72. The molecule has 0 N–H and O–H groups in total. The molecule has 1 fully saturated rings. The minimum atomic E-state index is -0.312. The number of carbonyl (C=O) groups is 2. The average molecular weight is 291 g/mol. The predicted octanol–water partition coefficient (Wildman–Crippen LogP) is 1.33. The second-order valence-corrected chi connectivity index (χ2v) is 5.22. The van der Waals surface area contributed by atoms with E-state index < -0.39 is 0 Å². The van der Waals surface area contributed by atoms with Gasteiger partial charge in [-0.05, 0) is 18.1 Å². The van der Waals surface area contributed by atoms with Gasteiger partial charge in [-0.15, -0.1) is 0 Å². The number of ether oxygens (including phenoxy) is 2. The Hall–Kier alpha value is -1.88. The summed E-state index contributed by atoms with van der Waals surface area (Å²) < 4.78 is 10.1. The summed E-state index contributed by atoms with van der Waals surface area (Å²) in [6, 6.07) is 7.88. The molecule has 1 aromatic carbocycles. The van der Waals surface area contributed by atoms with E-state index in [1.165, 1.54) is 7.11 Å². The smallest absolute Gasteiger partial charge is 0.308 e. The van der Waals surface area contributed by atoms with E-state index in [4.69, 9.17) is 4.74 Å². The van der Waals surface area contributed by atoms with E-state index in [0.29, 0.717) is 26.1 Å². The van der Waals surface area contributed by atoms with Crippen molar-refractivity contribution < 1.29 is 19.1 Å². The van der Waals surface area contributed by atoms with Crippen molar-refractivity contribution in [2.24, 2.45) is 0 Å². The van der Waals surface area contributed by atoms with Crippen molar-refractivity contribution in [2.75, 3.05) is 26.8 Å². The number of esters is 1. The minimum absolute atomic E-state index is 0.0717. The van der Waals surface area contributed by atoms with Crippen molar-refractivity contribution in [3.63, 3.8) is 0 Å². The Morgan fingerprint density at radius 3 is 2.86 bits per heavy atom. The van der Waals surface area contributed by atoms with E-state index in [9.17, 15) is 9.59 Å². The molecular weight excluding hydrogens is 270 g/mol. The van der Waals surface area contributed by atoms with Crippen LogP contribution in [-0.2, 0) is 25.5 Å². The maximum Gasteiger partial charge on any atom is 0.308 e. The molecular formula is C16H21NO4. The molecule has 0 saturated carbocycles. The first-order valence-corrected chi connectivity index (χ1v) is 7.11. The standard InChI is InChI=1S/C16H21NO4/c1-12-5-3-4-6-13(12)9-15(18)17-7-8-21-14(11-17)10-16(19)20-2/h3-6,14H,7-11H2,1-2H3. The molecule has 1 atom stereocenters. The summed E-state index contributed by atoms with van der Waals surface area (Å²) in [4.78, 5) is 25.4. The molecule has 2 rings (SSSR count). The molecule has 1 aliphatic rings. The molecule has 0 radical (unpaired) electrons. The van der Waals surface area contributed by atoms with Crippen molar-refractivity contribution in [3.05, 3.63) is 35.4 Å². The monoisotopic (exact) mass is 291 g/mol. The van der Waals surface area contributed by atoms with Gasteiger partial charge in [-0.1, -0.05) is 24.3 Å². The van der Waals surface area contributed by atoms with Crippen LogP contribution >= 0.6 is 0 Å². The summed E-state index contributed by atoms with van der Waals surface area (Å²) in [5.74, 6) is -0.240. The zero-order chi connectivity index (χ0) is 15.2. The number of aryl methyl sites for hydroxylation is 1. The summed E-state index contributed by atoms with van der Waals surface area (Å²) in [7, 11) is 1.35. The lowest BCUT2D eigenvalue weighted by molar-refractivity contribution is -0.149. The van der Waals surface area contributed by atoms with Crippen LogP contribution in [0.3, 0.4) is 0 Å². The third-order valence-electron chi connectivity index (χ3n) is 3.72. The van der Waals surface area contributed by atoms with Crippen LogP contribution in [0.1, 0.15) is 17.5 Å². The Kier molecular flexibility index (Phi) is 5.33. The number of morpholine rings is 1. The van der Waals surface area contributed by atoms with Crippen LogP contribution in [0.2, 0.25) is 0 Å². The molecule has 1 unspecified atom stereocenters. The third kappa shape index (κ3) is 4.29. The maximum absolute atomic E-state index is 12.4. The highest BCUT2D eigenvalue weighted by Gasteiger charge is 2.26. The van der Waals surface area contributed by atoms with Gasteiger partial charge < -0.3 is 14.4 Å². The SMILES string of the molecule is COC(=O)CC1CN(C(=O)Cc2ccccc2C)CCO1. The van der Waals surface area contributed by atoms with Gasteiger partial charge in [0, 0.05) is 13.1 Å². The van der Waals surface area contributed by atoms with Gasteiger partial charge in [-0.2, -0.15) is 0 Å². The normalized spacial score (nSPS) is 18.4. The van der Waals surface area contributed by atoms with Gasteiger partial charge in [0.25, 0.3) is 0 Å². The number of rotatable bonds is 4. The lowest BCUT2D eigenvalue weighted by Gasteiger charge is -2.32. The lowest BCUT2D eigenvalue weighted by atomic mass is 10.0. The summed E-state index contributed by atoms with van der Waals surface area (Å²) in [6.45, 7) is 3.48. The fraction of sp³-hybridized carbons (Fsp3) is 0.500. The zero-order valence-corrected chi connectivity index (χ0v) is 12.5. The summed E-state index contributed by atoms with van der Waals surface area (Å²) >= 11 is 0.